The van der Waals surface area contributed by atoms with Gasteiger partial charge < -0.3 is 5.32 Å². The molecule has 0 unspecified atom stereocenters. The first-order valence-electron chi connectivity index (χ1n) is 8.62. The maximum atomic E-state index is 13.1. The van der Waals surface area contributed by atoms with Gasteiger partial charge in [0.1, 0.15) is 0 Å². The monoisotopic (exact) mass is 357 g/mol. The van der Waals surface area contributed by atoms with Gasteiger partial charge >= 0.3 is 6.18 Å². The number of hydrogen-bond acceptors (Lipinski definition) is 3. The van der Waals surface area contributed by atoms with Gasteiger partial charge in [0.05, 0.1) is 12.1 Å². The molecule has 1 amide bonds. The third kappa shape index (κ3) is 6.32. The van der Waals surface area contributed by atoms with Gasteiger partial charge in [-0.1, -0.05) is 32.0 Å². The highest BCUT2D eigenvalue weighted by Gasteiger charge is 2.33. The Kier molecular flexibility index (Phi) is 6.84. The topological polar surface area (TPSA) is 35.6 Å². The Labute approximate surface area is 147 Å². The number of benzene rings is 1. The first kappa shape index (κ1) is 19.7. The molecule has 1 aliphatic rings. The van der Waals surface area contributed by atoms with Gasteiger partial charge in [0.2, 0.25) is 5.91 Å². The second kappa shape index (κ2) is 8.67. The molecule has 0 bridgehead atoms. The van der Waals surface area contributed by atoms with Crippen LogP contribution in [0.15, 0.2) is 24.3 Å². The van der Waals surface area contributed by atoms with E-state index in [0.717, 1.165) is 6.07 Å². The van der Waals surface area contributed by atoms with Crippen LogP contribution in [0.3, 0.4) is 0 Å². The van der Waals surface area contributed by atoms with Crippen molar-refractivity contribution in [1.29, 1.82) is 0 Å². The molecule has 25 heavy (non-hydrogen) atoms. The Morgan fingerprint density at radius 2 is 1.72 bits per heavy atom. The van der Waals surface area contributed by atoms with Crippen molar-refractivity contribution in [3.05, 3.63) is 35.4 Å². The maximum absolute atomic E-state index is 13.1. The van der Waals surface area contributed by atoms with Crippen LogP contribution >= 0.6 is 0 Å². The van der Waals surface area contributed by atoms with Gasteiger partial charge in [0, 0.05) is 39.3 Å². The number of nitrogens with zero attached hydrogens (tertiary/aromatic N) is 2. The van der Waals surface area contributed by atoms with Gasteiger partial charge in [-0.15, -0.1) is 0 Å². The molecule has 0 radical (unpaired) electrons. The van der Waals surface area contributed by atoms with Crippen molar-refractivity contribution in [2.45, 2.75) is 26.6 Å². The van der Waals surface area contributed by atoms with Crippen molar-refractivity contribution < 1.29 is 18.0 Å². The molecule has 1 N–H and O–H groups in total. The number of nitrogens with one attached hydrogen (secondary N) is 1. The Balaban J connectivity index is 1.82. The highest BCUT2D eigenvalue weighted by Crippen LogP contribution is 2.32. The second-order valence-electron chi connectivity index (χ2n) is 6.91. The molecular formula is C18H26F3N3O. The van der Waals surface area contributed by atoms with E-state index in [0.29, 0.717) is 50.7 Å². The fourth-order valence-corrected chi connectivity index (χ4v) is 2.86. The molecule has 4 nitrogen and oxygen atoms in total. The number of piperazine rings is 1. The summed E-state index contributed by atoms with van der Waals surface area (Å²) >= 11 is 0. The van der Waals surface area contributed by atoms with E-state index in [1.165, 1.54) is 12.1 Å². The zero-order valence-corrected chi connectivity index (χ0v) is 14.8. The number of carbonyl (C=O) groups excluding carboxylic acids is 1. The van der Waals surface area contributed by atoms with Gasteiger partial charge in [-0.2, -0.15) is 13.2 Å². The molecule has 1 heterocycles. The number of amides is 1. The van der Waals surface area contributed by atoms with Crippen molar-refractivity contribution in [2.75, 3.05) is 39.3 Å². The molecule has 140 valence electrons. The molecule has 1 saturated heterocycles. The van der Waals surface area contributed by atoms with Gasteiger partial charge in [0.15, 0.2) is 0 Å². The van der Waals surface area contributed by atoms with E-state index < -0.39 is 11.7 Å². The minimum absolute atomic E-state index is 0.00423. The fourth-order valence-electron chi connectivity index (χ4n) is 2.86. The van der Waals surface area contributed by atoms with Crippen molar-refractivity contribution in [3.8, 4) is 0 Å². The minimum Gasteiger partial charge on any atom is -0.355 e. The smallest absolute Gasteiger partial charge is 0.355 e. The van der Waals surface area contributed by atoms with E-state index in [9.17, 15) is 18.0 Å². The highest BCUT2D eigenvalue weighted by molar-refractivity contribution is 5.78. The molecule has 2 rings (SSSR count). The van der Waals surface area contributed by atoms with Crippen LogP contribution < -0.4 is 5.32 Å². The number of carbonyl (C=O) groups is 1. The lowest BCUT2D eigenvalue weighted by atomic mass is 10.1. The average molecular weight is 357 g/mol. The van der Waals surface area contributed by atoms with E-state index in [1.54, 1.807) is 6.07 Å². The predicted molar refractivity (Wildman–Crippen MR) is 91.0 cm³/mol. The second-order valence-corrected chi connectivity index (χ2v) is 6.91. The molecular weight excluding hydrogens is 331 g/mol. The largest absolute Gasteiger partial charge is 0.416 e. The molecule has 1 aromatic rings. The van der Waals surface area contributed by atoms with E-state index in [4.69, 9.17) is 0 Å². The Bertz CT molecular complexity index is 567. The van der Waals surface area contributed by atoms with Crippen LogP contribution in [0.25, 0.3) is 0 Å². The van der Waals surface area contributed by atoms with E-state index in [1.807, 2.05) is 23.6 Å². The minimum atomic E-state index is -4.33. The van der Waals surface area contributed by atoms with Crippen LogP contribution in [0.4, 0.5) is 13.2 Å². The lowest BCUT2D eigenvalue weighted by molar-refractivity contribution is -0.138. The Hall–Kier alpha value is -1.60. The zero-order valence-electron chi connectivity index (χ0n) is 14.8. The van der Waals surface area contributed by atoms with E-state index in [2.05, 4.69) is 5.32 Å². The van der Waals surface area contributed by atoms with Crippen molar-refractivity contribution in [2.24, 2.45) is 5.92 Å². The molecule has 0 aromatic heterocycles. The van der Waals surface area contributed by atoms with Crippen molar-refractivity contribution >= 4 is 5.91 Å². The summed E-state index contributed by atoms with van der Waals surface area (Å²) in [5.74, 6) is 0.416. The van der Waals surface area contributed by atoms with Crippen LogP contribution in [-0.4, -0.2) is 55.0 Å². The van der Waals surface area contributed by atoms with E-state index in [-0.39, 0.29) is 12.5 Å². The summed E-state index contributed by atoms with van der Waals surface area (Å²) in [6.07, 6.45) is -4.33. The summed E-state index contributed by atoms with van der Waals surface area (Å²) in [5.41, 5.74) is -0.261. The zero-order chi connectivity index (χ0) is 18.4. The first-order chi connectivity index (χ1) is 11.8. The van der Waals surface area contributed by atoms with Crippen molar-refractivity contribution in [3.63, 3.8) is 0 Å². The number of halogens is 3. The molecule has 0 saturated carbocycles. The number of alkyl halides is 3. The van der Waals surface area contributed by atoms with Crippen LogP contribution in [0.5, 0.6) is 0 Å². The molecule has 0 aliphatic carbocycles. The van der Waals surface area contributed by atoms with Gasteiger partial charge in [-0.3, -0.25) is 14.6 Å². The SMILES string of the molecule is CC(C)CNC(=O)CN1CCN(Cc2ccccc2C(F)(F)F)CC1. The van der Waals surface area contributed by atoms with Gasteiger partial charge in [0.25, 0.3) is 0 Å². The summed E-state index contributed by atoms with van der Waals surface area (Å²) in [5, 5.41) is 2.89. The lowest BCUT2D eigenvalue weighted by Crippen LogP contribution is -2.49. The first-order valence-corrected chi connectivity index (χ1v) is 8.62. The van der Waals surface area contributed by atoms with Crippen LogP contribution in [-0.2, 0) is 17.5 Å². The van der Waals surface area contributed by atoms with E-state index >= 15 is 0 Å². The normalized spacial score (nSPS) is 17.0. The fraction of sp³-hybridized carbons (Fsp3) is 0.611. The third-order valence-corrected chi connectivity index (χ3v) is 4.26. The average Bonchev–Trinajstić information content (AvgIpc) is 2.54. The summed E-state index contributed by atoms with van der Waals surface area (Å²) in [4.78, 5) is 15.9. The molecule has 1 aliphatic heterocycles. The van der Waals surface area contributed by atoms with Crippen LogP contribution in [0.2, 0.25) is 0 Å². The van der Waals surface area contributed by atoms with Gasteiger partial charge in [-0.05, 0) is 17.5 Å². The number of hydrogen-bond donors (Lipinski definition) is 1. The van der Waals surface area contributed by atoms with Crippen LogP contribution in [0, 0.1) is 5.92 Å². The van der Waals surface area contributed by atoms with Gasteiger partial charge in [-0.25, -0.2) is 0 Å². The Morgan fingerprint density at radius 1 is 1.12 bits per heavy atom. The van der Waals surface area contributed by atoms with Crippen molar-refractivity contribution in [1.82, 2.24) is 15.1 Å². The summed E-state index contributed by atoms with van der Waals surface area (Å²) in [6, 6.07) is 5.72. The Morgan fingerprint density at radius 3 is 2.32 bits per heavy atom. The number of rotatable bonds is 6. The molecule has 1 aromatic carbocycles. The van der Waals surface area contributed by atoms with Crippen LogP contribution in [0.1, 0.15) is 25.0 Å². The molecule has 0 atom stereocenters. The highest BCUT2D eigenvalue weighted by atomic mass is 19.4. The molecule has 7 heteroatoms. The molecule has 0 spiro atoms. The summed E-state index contributed by atoms with van der Waals surface area (Å²) in [6.45, 7) is 8.05. The maximum Gasteiger partial charge on any atom is 0.416 e. The standard InChI is InChI=1S/C18H26F3N3O/c1-14(2)11-22-17(25)13-24-9-7-23(8-10-24)12-15-5-3-4-6-16(15)18(19,20)21/h3-6,14H,7-13H2,1-2H3,(H,22,25). The lowest BCUT2D eigenvalue weighted by Gasteiger charge is -2.34. The summed E-state index contributed by atoms with van der Waals surface area (Å²) in [7, 11) is 0. The quantitative estimate of drug-likeness (QED) is 0.850. The third-order valence-electron chi connectivity index (χ3n) is 4.26. The molecule has 1 fully saturated rings. The predicted octanol–water partition coefficient (Wildman–Crippen LogP) is 2.60. The summed E-state index contributed by atoms with van der Waals surface area (Å²) < 4.78 is 39.2.